The summed E-state index contributed by atoms with van der Waals surface area (Å²) in [5, 5.41) is 24.3. The van der Waals surface area contributed by atoms with Crippen LogP contribution in [0.2, 0.25) is 0 Å². The van der Waals surface area contributed by atoms with E-state index < -0.39 is 12.2 Å². The lowest BCUT2D eigenvalue weighted by Crippen LogP contribution is -2.54. The van der Waals surface area contributed by atoms with Crippen LogP contribution in [0.5, 0.6) is 11.5 Å². The Morgan fingerprint density at radius 2 is 1.14 bits per heavy atom. The first-order valence-corrected chi connectivity index (χ1v) is 17.4. The Balaban J connectivity index is 0.000000187. The van der Waals surface area contributed by atoms with Crippen molar-refractivity contribution in [2.24, 2.45) is 23.7 Å². The molecule has 6 aliphatic rings. The van der Waals surface area contributed by atoms with E-state index in [1.807, 2.05) is 48.5 Å². The minimum absolute atomic E-state index is 0. The largest absolute Gasteiger partial charge is 0.497 e. The molecule has 9 nitrogen and oxygen atoms in total. The number of benzene rings is 2. The minimum atomic E-state index is -0.504. The number of hydrogen-bond acceptors (Lipinski definition) is 8. The summed E-state index contributed by atoms with van der Waals surface area (Å²) in [6, 6.07) is 15.9. The standard InChI is InChI=1S/2C20H24N2O2.ClH.H2O/c2*1-3-13-12-22-9-7-14(13)10-19(22)20(23)16-6-8-21-18-5-4-15(24-2)11-17(16)18;;/h2*3-6,8,11,13-14,19-20,23H,1,7,9-10,12H2,2H3;1H;1H2/t2*13-,14?,19-,20+;;/m00../s1. The molecule has 4 bridgehead atoms. The number of hydrogen-bond donors (Lipinski definition) is 2. The van der Waals surface area contributed by atoms with E-state index in [9.17, 15) is 10.2 Å². The van der Waals surface area contributed by atoms with E-state index in [0.717, 1.165) is 83.5 Å². The van der Waals surface area contributed by atoms with Crippen LogP contribution in [0.3, 0.4) is 0 Å². The zero-order valence-electron chi connectivity index (χ0n) is 29.0. The maximum Gasteiger partial charge on any atom is 0.119 e. The number of nitrogens with zero attached hydrogens (tertiary/aromatic N) is 4. The Kier molecular flexibility index (Phi) is 12.2. The lowest BCUT2D eigenvalue weighted by molar-refractivity contribution is -0.0445. The van der Waals surface area contributed by atoms with Crippen LogP contribution in [0.25, 0.3) is 21.8 Å². The molecule has 2 aromatic heterocycles. The fourth-order valence-corrected chi connectivity index (χ4v) is 8.89. The molecular formula is C40H51ClN4O5. The normalized spacial score (nSPS) is 29.0. The Hall–Kier alpha value is -3.57. The van der Waals surface area contributed by atoms with Gasteiger partial charge in [-0.3, -0.25) is 19.8 Å². The number of fused-ring (bicyclic) bond motifs is 8. The Morgan fingerprint density at radius 3 is 1.48 bits per heavy atom. The van der Waals surface area contributed by atoms with E-state index in [0.29, 0.717) is 23.7 Å². The summed E-state index contributed by atoms with van der Waals surface area (Å²) >= 11 is 0. The van der Waals surface area contributed by atoms with Crippen molar-refractivity contribution in [3.8, 4) is 11.5 Å². The Labute approximate surface area is 301 Å². The van der Waals surface area contributed by atoms with Gasteiger partial charge in [0.2, 0.25) is 0 Å². The van der Waals surface area contributed by atoms with Gasteiger partial charge >= 0.3 is 0 Å². The van der Waals surface area contributed by atoms with Crippen LogP contribution in [-0.4, -0.2) is 87.9 Å². The molecule has 4 aromatic rings. The smallest absolute Gasteiger partial charge is 0.119 e. The van der Waals surface area contributed by atoms with Gasteiger partial charge in [0.15, 0.2) is 0 Å². The number of aromatic nitrogens is 2. The zero-order valence-corrected chi connectivity index (χ0v) is 29.8. The van der Waals surface area contributed by atoms with Crippen LogP contribution in [0, 0.1) is 23.7 Å². The summed E-state index contributed by atoms with van der Waals surface area (Å²) in [6.45, 7) is 12.1. The molecule has 0 radical (unpaired) electrons. The van der Waals surface area contributed by atoms with Crippen LogP contribution in [0.15, 0.2) is 86.2 Å². The highest BCUT2D eigenvalue weighted by Gasteiger charge is 2.43. The molecule has 6 aliphatic heterocycles. The molecule has 0 spiro atoms. The average molecular weight is 703 g/mol. The van der Waals surface area contributed by atoms with E-state index >= 15 is 0 Å². The van der Waals surface area contributed by atoms with Crippen molar-refractivity contribution in [2.45, 2.75) is 50.0 Å². The second kappa shape index (κ2) is 16.2. The van der Waals surface area contributed by atoms with Crippen LogP contribution < -0.4 is 9.47 Å². The molecule has 4 N–H and O–H groups in total. The topological polar surface area (TPSA) is 123 Å². The van der Waals surface area contributed by atoms with Crippen molar-refractivity contribution in [1.82, 2.24) is 19.8 Å². The molecule has 50 heavy (non-hydrogen) atoms. The average Bonchev–Trinajstić information content (AvgIpc) is 3.16. The highest BCUT2D eigenvalue weighted by Crippen LogP contribution is 2.43. The van der Waals surface area contributed by atoms with Gasteiger partial charge in [-0.1, -0.05) is 12.2 Å². The summed E-state index contributed by atoms with van der Waals surface area (Å²) in [7, 11) is 3.32. The van der Waals surface area contributed by atoms with E-state index in [1.165, 1.54) is 12.8 Å². The van der Waals surface area contributed by atoms with Crippen molar-refractivity contribution >= 4 is 34.2 Å². The first kappa shape index (κ1) is 37.7. The molecule has 10 rings (SSSR count). The number of halogens is 1. The van der Waals surface area contributed by atoms with Crippen molar-refractivity contribution < 1.29 is 25.2 Å². The van der Waals surface area contributed by atoms with Gasteiger partial charge in [-0.25, -0.2) is 0 Å². The molecule has 0 amide bonds. The number of piperidine rings is 6. The van der Waals surface area contributed by atoms with Gasteiger partial charge in [0.1, 0.15) is 11.5 Å². The number of ether oxygens (including phenoxy) is 2. The fraction of sp³-hybridized carbons (Fsp3) is 0.450. The third kappa shape index (κ3) is 7.13. The van der Waals surface area contributed by atoms with Gasteiger partial charge in [-0.05, 0) is 122 Å². The van der Waals surface area contributed by atoms with Crippen molar-refractivity contribution in [2.75, 3.05) is 40.4 Å². The number of methoxy groups -OCH3 is 2. The van der Waals surface area contributed by atoms with Gasteiger partial charge in [-0.2, -0.15) is 0 Å². The number of aliphatic hydroxyl groups is 2. The van der Waals surface area contributed by atoms with Gasteiger partial charge < -0.3 is 25.2 Å². The molecule has 10 atom stereocenters. The SMILES string of the molecule is C=C[C@H]1CN2CCC1C[C@H]2[C@H](O)c1ccnc2ccc(OC)cc12.C=C[C@H]1CN2CCC1C[C@H]2[C@H](O)c1ccnc2ccc(OC)cc12.Cl.O. The monoisotopic (exact) mass is 702 g/mol. The quantitative estimate of drug-likeness (QED) is 0.216. The second-order valence-electron chi connectivity index (χ2n) is 13.9. The Morgan fingerprint density at radius 1 is 0.720 bits per heavy atom. The maximum absolute atomic E-state index is 11.2. The third-order valence-corrected chi connectivity index (χ3v) is 11.6. The van der Waals surface area contributed by atoms with Crippen LogP contribution in [0.4, 0.5) is 0 Å². The van der Waals surface area contributed by atoms with Crippen molar-refractivity contribution in [1.29, 1.82) is 0 Å². The lowest BCUT2D eigenvalue weighted by atomic mass is 9.73. The predicted molar refractivity (Wildman–Crippen MR) is 201 cm³/mol. The summed E-state index contributed by atoms with van der Waals surface area (Å²) in [5.74, 6) is 4.01. The lowest BCUT2D eigenvalue weighted by Gasteiger charge is -2.50. The highest BCUT2D eigenvalue weighted by molar-refractivity contribution is 5.85. The van der Waals surface area contributed by atoms with Crippen LogP contribution in [0.1, 0.15) is 49.0 Å². The molecule has 6 saturated heterocycles. The molecule has 0 saturated carbocycles. The third-order valence-electron chi connectivity index (χ3n) is 11.6. The van der Waals surface area contributed by atoms with Gasteiger partial charge in [0.05, 0.1) is 37.5 Å². The van der Waals surface area contributed by atoms with Crippen LogP contribution >= 0.6 is 12.4 Å². The Bertz CT molecular complexity index is 1660. The van der Waals surface area contributed by atoms with E-state index in [4.69, 9.17) is 9.47 Å². The van der Waals surface area contributed by atoms with Crippen molar-refractivity contribution in [3.63, 3.8) is 0 Å². The maximum atomic E-state index is 11.2. The number of pyridine rings is 2. The molecule has 8 heterocycles. The zero-order chi connectivity index (χ0) is 33.4. The van der Waals surface area contributed by atoms with Gasteiger partial charge in [-0.15, -0.1) is 25.6 Å². The number of aliphatic hydroxyl groups excluding tert-OH is 2. The van der Waals surface area contributed by atoms with Gasteiger partial charge in [0.25, 0.3) is 0 Å². The van der Waals surface area contributed by atoms with E-state index in [2.05, 4.69) is 45.1 Å². The summed E-state index contributed by atoms with van der Waals surface area (Å²) in [6.07, 6.45) is 11.2. The molecule has 4 unspecified atom stereocenters. The van der Waals surface area contributed by atoms with Crippen molar-refractivity contribution in [3.05, 3.63) is 97.4 Å². The minimum Gasteiger partial charge on any atom is -0.497 e. The molecular weight excluding hydrogens is 652 g/mol. The number of rotatable bonds is 8. The first-order valence-electron chi connectivity index (χ1n) is 17.4. The molecule has 2 aromatic carbocycles. The second-order valence-corrected chi connectivity index (χ2v) is 13.9. The van der Waals surface area contributed by atoms with E-state index in [1.54, 1.807) is 26.6 Å². The predicted octanol–water partition coefficient (Wildman–Crippen LogP) is 5.94. The first-order chi connectivity index (χ1) is 23.4. The summed E-state index contributed by atoms with van der Waals surface area (Å²) in [4.78, 5) is 13.7. The van der Waals surface area contributed by atoms with Crippen LogP contribution in [-0.2, 0) is 0 Å². The fourth-order valence-electron chi connectivity index (χ4n) is 8.89. The highest BCUT2D eigenvalue weighted by atomic mass is 35.5. The molecule has 10 heteroatoms. The molecule has 268 valence electrons. The summed E-state index contributed by atoms with van der Waals surface area (Å²) < 4.78 is 10.7. The summed E-state index contributed by atoms with van der Waals surface area (Å²) in [5.41, 5.74) is 3.69. The van der Waals surface area contributed by atoms with E-state index in [-0.39, 0.29) is 30.0 Å². The molecule has 6 fully saturated rings. The van der Waals surface area contributed by atoms with Gasteiger partial charge in [0, 0.05) is 48.3 Å². The molecule has 0 aliphatic carbocycles.